The fourth-order valence-corrected chi connectivity index (χ4v) is 19.4. The first-order valence-electron chi connectivity index (χ1n) is 13.0. The minimum atomic E-state index is 0.342. The predicted molar refractivity (Wildman–Crippen MR) is 125 cm³/mol. The van der Waals surface area contributed by atoms with Crippen LogP contribution >= 0.6 is 0 Å². The lowest BCUT2D eigenvalue weighted by molar-refractivity contribution is -0.722. The van der Waals surface area contributed by atoms with Crippen molar-refractivity contribution < 1.29 is 0 Å². The van der Waals surface area contributed by atoms with Gasteiger partial charge in [0.1, 0.15) is 0 Å². The van der Waals surface area contributed by atoms with Crippen LogP contribution in [-0.4, -0.2) is 0 Å². The van der Waals surface area contributed by atoms with Crippen LogP contribution in [0.25, 0.3) is 0 Å². The third kappa shape index (κ3) is 0.630. The summed E-state index contributed by atoms with van der Waals surface area (Å²) in [5, 5.41) is 0. The van der Waals surface area contributed by atoms with Gasteiger partial charge in [-0.15, -0.1) is 0 Å². The van der Waals surface area contributed by atoms with Crippen LogP contribution in [0.3, 0.4) is 0 Å². The molecule has 0 heterocycles. The molecule has 0 N–H and O–H groups in total. The molecule has 0 saturated heterocycles. The van der Waals surface area contributed by atoms with Gasteiger partial charge in [0.15, 0.2) is 0 Å². The summed E-state index contributed by atoms with van der Waals surface area (Å²) in [7, 11) is 0. The van der Waals surface area contributed by atoms with Gasteiger partial charge < -0.3 is 0 Å². The Morgan fingerprint density at radius 3 is 0.667 bits per heavy atom. The zero-order chi connectivity index (χ0) is 23.0. The SMILES string of the molecule is CC1(C)C2(C)C3(C)C(C)(C)C1(C)C14C2(C)C2(C)C(C)(C)C5(C)C(C)(C)C(C)(C31C)C524. The normalized spacial score (nSPS) is 78.4. The lowest BCUT2D eigenvalue weighted by Crippen LogP contribution is -3.15. The Morgan fingerprint density at radius 1 is 0.200 bits per heavy atom. The summed E-state index contributed by atoms with van der Waals surface area (Å²) < 4.78 is 0. The van der Waals surface area contributed by atoms with Crippen molar-refractivity contribution in [3.05, 3.63) is 0 Å². The molecule has 8 saturated carbocycles. The highest BCUT2D eigenvalue weighted by Crippen LogP contribution is 3.33. The molecule has 0 radical (unpaired) electrons. The zero-order valence-electron chi connectivity index (χ0n) is 23.0. The third-order valence-corrected chi connectivity index (χ3v) is 20.1. The molecule has 168 valence electrons. The lowest BCUT2D eigenvalue weighted by Gasteiger charge is -3.17. The van der Waals surface area contributed by atoms with Crippen molar-refractivity contribution in [2.24, 2.45) is 75.8 Å². The molecule has 6 atom stereocenters. The van der Waals surface area contributed by atoms with Crippen molar-refractivity contribution in [3.8, 4) is 0 Å². The van der Waals surface area contributed by atoms with Gasteiger partial charge in [0.2, 0.25) is 0 Å². The van der Waals surface area contributed by atoms with Crippen molar-refractivity contribution in [1.29, 1.82) is 0 Å². The van der Waals surface area contributed by atoms with E-state index in [9.17, 15) is 0 Å². The molecule has 30 heavy (non-hydrogen) atoms. The molecule has 0 heteroatoms. The summed E-state index contributed by atoms with van der Waals surface area (Å²) in [6.07, 6.45) is 0. The largest absolute Gasteiger partial charge is 0.0588 e. The maximum Gasteiger partial charge on any atom is -0.00296 e. The molecule has 0 aliphatic heterocycles. The number of hydrogen-bond acceptors (Lipinski definition) is 0. The highest BCUT2D eigenvalue weighted by molar-refractivity contribution is 5.75. The van der Waals surface area contributed by atoms with E-state index in [0.29, 0.717) is 75.8 Å². The smallest absolute Gasteiger partial charge is 0.00296 e. The Hall–Kier alpha value is 0. The summed E-state index contributed by atoms with van der Waals surface area (Å²) in [6.45, 7) is 44.0. The topological polar surface area (TPSA) is 0 Å². The molecule has 8 aliphatic rings. The Kier molecular flexibility index (Phi) is 2.09. The van der Waals surface area contributed by atoms with E-state index < -0.39 is 0 Å². The Morgan fingerprint density at radius 2 is 0.400 bits per heavy atom. The van der Waals surface area contributed by atoms with Crippen LogP contribution in [0.5, 0.6) is 0 Å². The summed E-state index contributed by atoms with van der Waals surface area (Å²) in [5.41, 5.74) is 5.52. The van der Waals surface area contributed by atoms with Crippen LogP contribution in [-0.2, 0) is 0 Å². The van der Waals surface area contributed by atoms with E-state index in [4.69, 9.17) is 0 Å². The third-order valence-electron chi connectivity index (χ3n) is 20.1. The molecule has 0 amide bonds. The fourth-order valence-electron chi connectivity index (χ4n) is 19.4. The second-order valence-corrected chi connectivity index (χ2v) is 17.0. The van der Waals surface area contributed by atoms with E-state index in [1.165, 1.54) is 0 Å². The second-order valence-electron chi connectivity index (χ2n) is 17.0. The quantitative estimate of drug-likeness (QED) is 0.379. The van der Waals surface area contributed by atoms with Gasteiger partial charge in [-0.1, -0.05) is 111 Å². The van der Waals surface area contributed by atoms with E-state index in [-0.39, 0.29) is 0 Å². The average Bonchev–Trinajstić information content (AvgIpc) is 2.86. The van der Waals surface area contributed by atoms with Crippen LogP contribution in [0.15, 0.2) is 0 Å². The molecular weight excluding hydrogens is 360 g/mol. The Labute approximate surface area is 186 Å². The molecule has 8 aliphatic carbocycles. The summed E-state index contributed by atoms with van der Waals surface area (Å²) >= 11 is 0. The van der Waals surface area contributed by atoms with Crippen molar-refractivity contribution in [2.45, 2.75) is 111 Å². The van der Waals surface area contributed by atoms with Gasteiger partial charge in [0.05, 0.1) is 0 Å². The van der Waals surface area contributed by atoms with Crippen molar-refractivity contribution in [1.82, 2.24) is 0 Å². The molecule has 2 spiro atoms. The van der Waals surface area contributed by atoms with Gasteiger partial charge in [-0.2, -0.15) is 0 Å². The summed E-state index contributed by atoms with van der Waals surface area (Å²) in [4.78, 5) is 0. The molecule has 8 fully saturated rings. The fraction of sp³-hybridized carbons (Fsp3) is 1.00. The molecule has 6 unspecified atom stereocenters. The Bertz CT molecular complexity index is 982. The van der Waals surface area contributed by atoms with Crippen LogP contribution < -0.4 is 0 Å². The first kappa shape index (κ1) is 19.5. The average molecular weight is 409 g/mol. The molecule has 4 bridgehead atoms. The second kappa shape index (κ2) is 3.22. The molecule has 0 aromatic carbocycles. The highest BCUT2D eigenvalue weighted by atomic mass is 15.3. The minimum Gasteiger partial charge on any atom is -0.0588 e. The molecule has 0 aromatic rings. The van der Waals surface area contributed by atoms with Crippen molar-refractivity contribution in [2.75, 3.05) is 0 Å². The van der Waals surface area contributed by atoms with Gasteiger partial charge in [-0.3, -0.25) is 0 Å². The van der Waals surface area contributed by atoms with E-state index in [1.54, 1.807) is 0 Å². The zero-order valence-corrected chi connectivity index (χ0v) is 23.0. The van der Waals surface area contributed by atoms with E-state index >= 15 is 0 Å². The van der Waals surface area contributed by atoms with Crippen LogP contribution in [0.4, 0.5) is 0 Å². The van der Waals surface area contributed by atoms with E-state index in [0.717, 1.165) is 0 Å². The van der Waals surface area contributed by atoms with Crippen molar-refractivity contribution >= 4 is 0 Å². The monoisotopic (exact) mass is 408 g/mol. The van der Waals surface area contributed by atoms with E-state index in [1.807, 2.05) is 0 Å². The number of rotatable bonds is 0. The summed E-state index contributed by atoms with van der Waals surface area (Å²) in [5.74, 6) is 0. The van der Waals surface area contributed by atoms with Crippen LogP contribution in [0, 0.1) is 75.8 Å². The molecule has 0 nitrogen and oxygen atoms in total. The van der Waals surface area contributed by atoms with Gasteiger partial charge in [-0.25, -0.2) is 0 Å². The standard InChI is InChI=1S/C30H48/c1-17(2)21(9)18(3,4)24(12)23(17,11)27(15)25(13)19(5,6)22(10)20(7,8)26(14)28(24,16)30(21,27)29(22,25)26/h1-16H3. The van der Waals surface area contributed by atoms with Gasteiger partial charge in [0, 0.05) is 0 Å². The maximum absolute atomic E-state index is 2.83. The lowest BCUT2D eigenvalue weighted by atomic mass is 8.85. The van der Waals surface area contributed by atoms with Crippen LogP contribution in [0.2, 0.25) is 0 Å². The first-order chi connectivity index (χ1) is 13.0. The highest BCUT2D eigenvalue weighted by Gasteiger charge is 3.30. The predicted octanol–water partition coefficient (Wildman–Crippen LogP) is 8.21. The Balaban J connectivity index is 1.78. The minimum absolute atomic E-state index is 0.342. The van der Waals surface area contributed by atoms with Crippen molar-refractivity contribution in [3.63, 3.8) is 0 Å². The van der Waals surface area contributed by atoms with Gasteiger partial charge >= 0.3 is 0 Å². The van der Waals surface area contributed by atoms with Gasteiger partial charge in [-0.05, 0) is 75.8 Å². The molecule has 0 aromatic heterocycles. The number of hydrogen-bond donors (Lipinski definition) is 0. The van der Waals surface area contributed by atoms with Gasteiger partial charge in [0.25, 0.3) is 0 Å². The molecular formula is C30H48. The first-order valence-corrected chi connectivity index (χ1v) is 13.0. The van der Waals surface area contributed by atoms with E-state index in [2.05, 4.69) is 111 Å². The summed E-state index contributed by atoms with van der Waals surface area (Å²) in [6, 6.07) is 0. The maximum atomic E-state index is 2.83. The molecule has 8 rings (SSSR count). The van der Waals surface area contributed by atoms with Crippen LogP contribution in [0.1, 0.15) is 111 Å².